The van der Waals surface area contributed by atoms with Crippen molar-refractivity contribution in [2.45, 2.75) is 32.7 Å². The summed E-state index contributed by atoms with van der Waals surface area (Å²) < 4.78 is 5.33. The number of carbonyl (C=O) groups excluding carboxylic acids is 2. The van der Waals surface area contributed by atoms with Gasteiger partial charge in [-0.25, -0.2) is 0 Å². The Balaban J connectivity index is 1.66. The van der Waals surface area contributed by atoms with Crippen LogP contribution in [0.5, 0.6) is 5.75 Å². The molecule has 1 aromatic heterocycles. The number of para-hydroxylation sites is 2. The number of hydrogen-bond donors (Lipinski definition) is 2. The first-order valence-corrected chi connectivity index (χ1v) is 8.22. The number of aromatic amines is 1. The zero-order valence-electron chi connectivity index (χ0n) is 14.6. The van der Waals surface area contributed by atoms with Crippen molar-refractivity contribution in [3.05, 3.63) is 41.2 Å². The SMILES string of the molecule is COc1ccccc1N1C[C@H](NC(=O)Cc2c(C)n[nH]c2C)CC1=O. The molecule has 1 aliphatic heterocycles. The first-order chi connectivity index (χ1) is 12.0. The number of ether oxygens (including phenoxy) is 1. The van der Waals surface area contributed by atoms with E-state index in [4.69, 9.17) is 4.74 Å². The van der Waals surface area contributed by atoms with Crippen LogP contribution in [0.2, 0.25) is 0 Å². The molecule has 2 N–H and O–H groups in total. The summed E-state index contributed by atoms with van der Waals surface area (Å²) >= 11 is 0. The Labute approximate surface area is 146 Å². The van der Waals surface area contributed by atoms with Crippen molar-refractivity contribution in [3.8, 4) is 5.75 Å². The third-order valence-electron chi connectivity index (χ3n) is 4.48. The molecule has 0 saturated carbocycles. The van der Waals surface area contributed by atoms with E-state index >= 15 is 0 Å². The van der Waals surface area contributed by atoms with E-state index in [0.717, 1.165) is 22.6 Å². The van der Waals surface area contributed by atoms with Gasteiger partial charge in [0.05, 0.1) is 31.0 Å². The molecule has 0 aliphatic carbocycles. The summed E-state index contributed by atoms with van der Waals surface area (Å²) in [6.07, 6.45) is 0.542. The molecule has 7 nitrogen and oxygen atoms in total. The maximum absolute atomic E-state index is 12.4. The summed E-state index contributed by atoms with van der Waals surface area (Å²) in [6.45, 7) is 4.20. The molecule has 2 aromatic rings. The van der Waals surface area contributed by atoms with E-state index in [0.29, 0.717) is 12.3 Å². The van der Waals surface area contributed by atoms with Crippen LogP contribution in [0.15, 0.2) is 24.3 Å². The van der Waals surface area contributed by atoms with Crippen LogP contribution >= 0.6 is 0 Å². The van der Waals surface area contributed by atoms with Crippen molar-refractivity contribution in [1.29, 1.82) is 0 Å². The number of H-pyrrole nitrogens is 1. The minimum atomic E-state index is -0.211. The highest BCUT2D eigenvalue weighted by Crippen LogP contribution is 2.31. The molecule has 0 bridgehead atoms. The minimum absolute atomic E-state index is 0.0227. The van der Waals surface area contributed by atoms with E-state index in [2.05, 4.69) is 15.5 Å². The molecule has 0 radical (unpaired) electrons. The van der Waals surface area contributed by atoms with E-state index in [-0.39, 0.29) is 30.7 Å². The predicted molar refractivity (Wildman–Crippen MR) is 93.7 cm³/mol. The number of nitrogens with one attached hydrogen (secondary N) is 2. The number of amides is 2. The van der Waals surface area contributed by atoms with E-state index in [1.54, 1.807) is 12.0 Å². The van der Waals surface area contributed by atoms with E-state index < -0.39 is 0 Å². The second kappa shape index (κ2) is 6.96. The third kappa shape index (κ3) is 3.50. The molecule has 2 amide bonds. The summed E-state index contributed by atoms with van der Waals surface area (Å²) in [7, 11) is 1.58. The lowest BCUT2D eigenvalue weighted by Gasteiger charge is -2.19. The molecule has 1 saturated heterocycles. The number of aryl methyl sites for hydroxylation is 2. The quantitative estimate of drug-likeness (QED) is 0.862. The van der Waals surface area contributed by atoms with Crippen molar-refractivity contribution < 1.29 is 14.3 Å². The molecule has 3 rings (SSSR count). The first kappa shape index (κ1) is 17.0. The average Bonchev–Trinajstić information content (AvgIpc) is 3.11. The summed E-state index contributed by atoms with van der Waals surface area (Å²) in [5.74, 6) is 0.519. The Hall–Kier alpha value is -2.83. The maximum Gasteiger partial charge on any atom is 0.229 e. The number of benzene rings is 1. The first-order valence-electron chi connectivity index (χ1n) is 8.22. The van der Waals surface area contributed by atoms with Crippen molar-refractivity contribution in [2.24, 2.45) is 0 Å². The number of nitrogens with zero attached hydrogens (tertiary/aromatic N) is 2. The van der Waals surface area contributed by atoms with Gasteiger partial charge in [-0.15, -0.1) is 0 Å². The lowest BCUT2D eigenvalue weighted by molar-refractivity contribution is -0.121. The summed E-state index contributed by atoms with van der Waals surface area (Å²) in [5.41, 5.74) is 3.35. The topological polar surface area (TPSA) is 87.3 Å². The van der Waals surface area contributed by atoms with Crippen LogP contribution in [-0.4, -0.2) is 41.7 Å². The average molecular weight is 342 g/mol. The van der Waals surface area contributed by atoms with E-state index in [1.807, 2.05) is 38.1 Å². The van der Waals surface area contributed by atoms with E-state index in [9.17, 15) is 9.59 Å². The smallest absolute Gasteiger partial charge is 0.229 e. The van der Waals surface area contributed by atoms with Gasteiger partial charge in [-0.05, 0) is 26.0 Å². The maximum atomic E-state index is 12.4. The molecular formula is C18H22N4O3. The fourth-order valence-corrected chi connectivity index (χ4v) is 3.16. The number of carbonyl (C=O) groups is 2. The minimum Gasteiger partial charge on any atom is -0.495 e. The van der Waals surface area contributed by atoms with Crippen molar-refractivity contribution in [1.82, 2.24) is 15.5 Å². The summed E-state index contributed by atoms with van der Waals surface area (Å²) in [4.78, 5) is 26.4. The number of rotatable bonds is 5. The van der Waals surface area contributed by atoms with Crippen LogP contribution in [0, 0.1) is 13.8 Å². The molecule has 1 fully saturated rings. The summed E-state index contributed by atoms with van der Waals surface area (Å²) in [6, 6.07) is 7.18. The van der Waals surface area contributed by atoms with Crippen LogP contribution in [0.4, 0.5) is 5.69 Å². The molecule has 0 spiro atoms. The molecule has 1 aromatic carbocycles. The van der Waals surface area contributed by atoms with Gasteiger partial charge in [-0.3, -0.25) is 14.7 Å². The molecule has 0 unspecified atom stereocenters. The van der Waals surface area contributed by atoms with Crippen LogP contribution < -0.4 is 15.0 Å². The van der Waals surface area contributed by atoms with Crippen LogP contribution in [-0.2, 0) is 16.0 Å². The molecule has 132 valence electrons. The second-order valence-electron chi connectivity index (χ2n) is 6.23. The van der Waals surface area contributed by atoms with Crippen LogP contribution in [0.3, 0.4) is 0 Å². The predicted octanol–water partition coefficient (Wildman–Crippen LogP) is 1.50. The van der Waals surface area contributed by atoms with Gasteiger partial charge in [0, 0.05) is 24.2 Å². The van der Waals surface area contributed by atoms with Gasteiger partial charge in [0.25, 0.3) is 0 Å². The molecule has 25 heavy (non-hydrogen) atoms. The Morgan fingerprint density at radius 1 is 1.40 bits per heavy atom. The Morgan fingerprint density at radius 2 is 2.16 bits per heavy atom. The van der Waals surface area contributed by atoms with Crippen molar-refractivity contribution in [2.75, 3.05) is 18.6 Å². The second-order valence-corrected chi connectivity index (χ2v) is 6.23. The largest absolute Gasteiger partial charge is 0.495 e. The van der Waals surface area contributed by atoms with Gasteiger partial charge in [0.1, 0.15) is 5.75 Å². The number of aromatic nitrogens is 2. The Bertz CT molecular complexity index is 780. The Kier molecular flexibility index (Phi) is 4.74. The lowest BCUT2D eigenvalue weighted by atomic mass is 10.1. The van der Waals surface area contributed by atoms with Crippen LogP contribution in [0.25, 0.3) is 0 Å². The normalized spacial score (nSPS) is 17.0. The highest BCUT2D eigenvalue weighted by atomic mass is 16.5. The van der Waals surface area contributed by atoms with Crippen molar-refractivity contribution in [3.63, 3.8) is 0 Å². The van der Waals surface area contributed by atoms with E-state index in [1.165, 1.54) is 0 Å². The highest BCUT2D eigenvalue weighted by Gasteiger charge is 2.33. The standard InChI is InChI=1S/C18H22N4O3/c1-11-14(12(2)21-20-11)9-17(23)19-13-8-18(24)22(10-13)15-6-4-5-7-16(15)25-3/h4-7,13H,8-10H2,1-3H3,(H,19,23)(H,20,21)/t13-/m1/s1. The van der Waals surface area contributed by atoms with Gasteiger partial charge < -0.3 is 15.0 Å². The summed E-state index contributed by atoms with van der Waals surface area (Å²) in [5, 5.41) is 9.94. The van der Waals surface area contributed by atoms with Gasteiger partial charge in [-0.2, -0.15) is 5.10 Å². The molecule has 2 heterocycles. The molecule has 1 atom stereocenters. The number of hydrogen-bond acceptors (Lipinski definition) is 4. The van der Waals surface area contributed by atoms with Gasteiger partial charge in [0.2, 0.25) is 11.8 Å². The number of anilines is 1. The fourth-order valence-electron chi connectivity index (χ4n) is 3.16. The third-order valence-corrected chi connectivity index (χ3v) is 4.48. The molecule has 7 heteroatoms. The zero-order valence-corrected chi connectivity index (χ0v) is 14.6. The monoisotopic (exact) mass is 342 g/mol. The van der Waals surface area contributed by atoms with Crippen LogP contribution in [0.1, 0.15) is 23.4 Å². The van der Waals surface area contributed by atoms with Gasteiger partial charge in [-0.1, -0.05) is 12.1 Å². The van der Waals surface area contributed by atoms with Crippen molar-refractivity contribution >= 4 is 17.5 Å². The fraction of sp³-hybridized carbons (Fsp3) is 0.389. The number of methoxy groups -OCH3 is 1. The molecular weight excluding hydrogens is 320 g/mol. The highest BCUT2D eigenvalue weighted by molar-refractivity contribution is 5.98. The lowest BCUT2D eigenvalue weighted by Crippen LogP contribution is -2.38. The van der Waals surface area contributed by atoms with Gasteiger partial charge >= 0.3 is 0 Å². The molecule has 1 aliphatic rings. The Morgan fingerprint density at radius 3 is 2.84 bits per heavy atom. The zero-order chi connectivity index (χ0) is 18.0. The van der Waals surface area contributed by atoms with Gasteiger partial charge in [0.15, 0.2) is 0 Å².